The fourth-order valence-corrected chi connectivity index (χ4v) is 3.58. The summed E-state index contributed by atoms with van der Waals surface area (Å²) in [6.45, 7) is 0.747. The Kier molecular flexibility index (Phi) is 8.08. The average molecular weight is 366 g/mol. The molecular formula is C18H26N2O4S. The zero-order valence-corrected chi connectivity index (χ0v) is 15.1. The van der Waals surface area contributed by atoms with Crippen molar-refractivity contribution in [3.05, 3.63) is 23.8 Å². The maximum absolute atomic E-state index is 11.9. The summed E-state index contributed by atoms with van der Waals surface area (Å²) in [6, 6.07) is 4.31. The highest BCUT2D eigenvalue weighted by Crippen LogP contribution is 2.20. The molecule has 0 aliphatic heterocycles. The van der Waals surface area contributed by atoms with Crippen molar-refractivity contribution in [1.82, 2.24) is 0 Å². The third-order valence-corrected chi connectivity index (χ3v) is 5.10. The van der Waals surface area contributed by atoms with Crippen LogP contribution in [0.3, 0.4) is 0 Å². The molecule has 1 amide bonds. The molecule has 25 heavy (non-hydrogen) atoms. The van der Waals surface area contributed by atoms with Crippen LogP contribution in [0.4, 0.5) is 11.4 Å². The molecule has 7 heteroatoms. The minimum atomic E-state index is -1.07. The number of hydrogen-bond acceptors (Lipinski definition) is 5. The second kappa shape index (κ2) is 10.3. The van der Waals surface area contributed by atoms with Crippen LogP contribution >= 0.6 is 11.8 Å². The smallest absolute Gasteiger partial charge is 0.335 e. The van der Waals surface area contributed by atoms with Crippen molar-refractivity contribution in [2.24, 2.45) is 0 Å². The maximum atomic E-state index is 11.9. The SMILES string of the molecule is Nc1cc(NC(=O)CSCCCOC2CCCCC2)cc(C(=O)O)c1. The quantitative estimate of drug-likeness (QED) is 0.457. The molecule has 0 aromatic heterocycles. The Balaban J connectivity index is 1.61. The summed E-state index contributed by atoms with van der Waals surface area (Å²) in [5.41, 5.74) is 6.43. The molecule has 1 aromatic rings. The van der Waals surface area contributed by atoms with Crippen molar-refractivity contribution >= 4 is 35.0 Å². The van der Waals surface area contributed by atoms with E-state index in [1.54, 1.807) is 17.8 Å². The molecule has 0 unspecified atom stereocenters. The highest BCUT2D eigenvalue weighted by atomic mass is 32.2. The van der Waals surface area contributed by atoms with E-state index in [9.17, 15) is 9.59 Å². The van der Waals surface area contributed by atoms with Gasteiger partial charge in [-0.2, -0.15) is 11.8 Å². The first-order valence-electron chi connectivity index (χ1n) is 8.67. The summed E-state index contributed by atoms with van der Waals surface area (Å²) in [7, 11) is 0. The molecular weight excluding hydrogens is 340 g/mol. The lowest BCUT2D eigenvalue weighted by atomic mass is 9.98. The van der Waals surface area contributed by atoms with Gasteiger partial charge in [-0.3, -0.25) is 4.79 Å². The zero-order valence-electron chi connectivity index (χ0n) is 14.3. The van der Waals surface area contributed by atoms with E-state index in [-0.39, 0.29) is 11.5 Å². The summed E-state index contributed by atoms with van der Waals surface area (Å²) >= 11 is 1.54. The number of hydrogen-bond donors (Lipinski definition) is 3. The van der Waals surface area contributed by atoms with Crippen molar-refractivity contribution in [2.45, 2.75) is 44.6 Å². The lowest BCUT2D eigenvalue weighted by Crippen LogP contribution is -2.18. The predicted octanol–water partition coefficient (Wildman–Crippen LogP) is 3.38. The van der Waals surface area contributed by atoms with E-state index in [1.807, 2.05) is 0 Å². The number of rotatable bonds is 9. The van der Waals surface area contributed by atoms with E-state index in [0.717, 1.165) is 18.8 Å². The summed E-state index contributed by atoms with van der Waals surface area (Å²) in [5, 5.41) is 11.7. The molecule has 0 spiro atoms. The van der Waals surface area contributed by atoms with E-state index in [0.29, 0.717) is 23.2 Å². The minimum absolute atomic E-state index is 0.0582. The van der Waals surface area contributed by atoms with Crippen molar-refractivity contribution in [1.29, 1.82) is 0 Å². The summed E-state index contributed by atoms with van der Waals surface area (Å²) < 4.78 is 5.85. The first-order valence-corrected chi connectivity index (χ1v) is 9.83. The van der Waals surface area contributed by atoms with E-state index in [4.69, 9.17) is 15.6 Å². The number of thioether (sulfide) groups is 1. The lowest BCUT2D eigenvalue weighted by molar-refractivity contribution is -0.113. The Labute approximate surface area is 152 Å². The zero-order chi connectivity index (χ0) is 18.1. The number of nitrogens with one attached hydrogen (secondary N) is 1. The largest absolute Gasteiger partial charge is 0.478 e. The van der Waals surface area contributed by atoms with E-state index < -0.39 is 5.97 Å². The molecule has 4 N–H and O–H groups in total. The molecule has 0 heterocycles. The van der Waals surface area contributed by atoms with E-state index >= 15 is 0 Å². The third kappa shape index (κ3) is 7.36. The molecule has 138 valence electrons. The molecule has 2 rings (SSSR count). The van der Waals surface area contributed by atoms with Gasteiger partial charge in [-0.1, -0.05) is 19.3 Å². The number of carbonyl (C=O) groups is 2. The molecule has 1 aliphatic rings. The number of benzene rings is 1. The van der Waals surface area contributed by atoms with Crippen molar-refractivity contribution in [3.8, 4) is 0 Å². The molecule has 1 fully saturated rings. The van der Waals surface area contributed by atoms with Crippen molar-refractivity contribution in [2.75, 3.05) is 29.2 Å². The van der Waals surface area contributed by atoms with Gasteiger partial charge in [-0.25, -0.2) is 4.79 Å². The number of carboxylic acids is 1. The van der Waals surface area contributed by atoms with Gasteiger partial charge in [-0.05, 0) is 43.2 Å². The Morgan fingerprint density at radius 1 is 1.24 bits per heavy atom. The molecule has 1 saturated carbocycles. The molecule has 1 aliphatic carbocycles. The Hall–Kier alpha value is -1.73. The molecule has 6 nitrogen and oxygen atoms in total. The summed E-state index contributed by atoms with van der Waals surface area (Å²) in [4.78, 5) is 22.9. The van der Waals surface area contributed by atoms with Crippen LogP contribution in [0.25, 0.3) is 0 Å². The van der Waals surface area contributed by atoms with Gasteiger partial charge in [-0.15, -0.1) is 0 Å². The first kappa shape index (κ1) is 19.6. The molecule has 0 bridgehead atoms. The number of amides is 1. The fraction of sp³-hybridized carbons (Fsp3) is 0.556. The fourth-order valence-electron chi connectivity index (χ4n) is 2.85. The molecule has 0 saturated heterocycles. The highest BCUT2D eigenvalue weighted by molar-refractivity contribution is 7.99. The Bertz CT molecular complexity index is 588. The van der Waals surface area contributed by atoms with Gasteiger partial charge in [0.2, 0.25) is 5.91 Å². The lowest BCUT2D eigenvalue weighted by Gasteiger charge is -2.21. The molecule has 0 atom stereocenters. The van der Waals surface area contributed by atoms with Gasteiger partial charge in [0.15, 0.2) is 0 Å². The Morgan fingerprint density at radius 2 is 2.00 bits per heavy atom. The van der Waals surface area contributed by atoms with Gasteiger partial charge in [0.1, 0.15) is 0 Å². The number of nitrogen functional groups attached to an aromatic ring is 1. The number of carboxylic acid groups (broad SMARTS) is 1. The van der Waals surface area contributed by atoms with Gasteiger partial charge in [0.25, 0.3) is 0 Å². The van der Waals surface area contributed by atoms with E-state index in [1.165, 1.54) is 44.2 Å². The number of aromatic carboxylic acids is 1. The number of ether oxygens (including phenoxy) is 1. The van der Waals surface area contributed by atoms with Gasteiger partial charge < -0.3 is 20.9 Å². The van der Waals surface area contributed by atoms with Gasteiger partial charge >= 0.3 is 5.97 Å². The van der Waals surface area contributed by atoms with Crippen molar-refractivity contribution in [3.63, 3.8) is 0 Å². The summed E-state index contributed by atoms with van der Waals surface area (Å²) in [5.74, 6) is -0.0618. The highest BCUT2D eigenvalue weighted by Gasteiger charge is 2.13. The van der Waals surface area contributed by atoms with Crippen LogP contribution in [-0.2, 0) is 9.53 Å². The second-order valence-corrected chi connectivity index (χ2v) is 7.34. The van der Waals surface area contributed by atoms with Crippen LogP contribution in [0.5, 0.6) is 0 Å². The van der Waals surface area contributed by atoms with Crippen LogP contribution < -0.4 is 11.1 Å². The number of nitrogens with two attached hydrogens (primary N) is 1. The maximum Gasteiger partial charge on any atom is 0.335 e. The number of anilines is 2. The van der Waals surface area contributed by atoms with Crippen LogP contribution in [0.2, 0.25) is 0 Å². The Morgan fingerprint density at radius 3 is 2.72 bits per heavy atom. The predicted molar refractivity (Wildman–Crippen MR) is 101 cm³/mol. The molecule has 1 aromatic carbocycles. The monoisotopic (exact) mass is 366 g/mol. The van der Waals surface area contributed by atoms with Crippen LogP contribution in [0.1, 0.15) is 48.9 Å². The van der Waals surface area contributed by atoms with Crippen molar-refractivity contribution < 1.29 is 19.4 Å². The summed E-state index contributed by atoms with van der Waals surface area (Å²) in [6.07, 6.45) is 7.57. The van der Waals surface area contributed by atoms with Gasteiger partial charge in [0.05, 0.1) is 17.4 Å². The first-order chi connectivity index (χ1) is 12.0. The van der Waals surface area contributed by atoms with E-state index in [2.05, 4.69) is 5.32 Å². The van der Waals surface area contributed by atoms with Crippen LogP contribution in [0.15, 0.2) is 18.2 Å². The normalized spacial score (nSPS) is 15.0. The standard InChI is InChI=1S/C18H26N2O4S/c19-14-9-13(18(22)23)10-15(11-14)20-17(21)12-25-8-4-7-24-16-5-2-1-3-6-16/h9-11,16H,1-8,12,19H2,(H,20,21)(H,22,23). The van der Waals surface area contributed by atoms with Crippen LogP contribution in [-0.4, -0.2) is 41.2 Å². The number of carbonyl (C=O) groups excluding carboxylic acids is 1. The minimum Gasteiger partial charge on any atom is -0.478 e. The molecule has 0 radical (unpaired) electrons. The topological polar surface area (TPSA) is 102 Å². The van der Waals surface area contributed by atoms with Gasteiger partial charge in [0, 0.05) is 18.0 Å². The average Bonchev–Trinajstić information content (AvgIpc) is 2.58. The third-order valence-electron chi connectivity index (χ3n) is 4.06. The van der Waals surface area contributed by atoms with Crippen LogP contribution in [0, 0.1) is 0 Å². The second-order valence-electron chi connectivity index (χ2n) is 6.23.